The van der Waals surface area contributed by atoms with Crippen LogP contribution in [-0.2, 0) is 6.54 Å². The summed E-state index contributed by atoms with van der Waals surface area (Å²) in [6, 6.07) is 12.2. The smallest absolute Gasteiger partial charge is 0.122 e. The minimum atomic E-state index is 0.750. The molecule has 100 valence electrons. The second kappa shape index (κ2) is 5.47. The van der Waals surface area contributed by atoms with Gasteiger partial charge in [-0.2, -0.15) is 5.10 Å². The van der Waals surface area contributed by atoms with Crippen LogP contribution < -0.4 is 5.73 Å². The second-order valence-electron chi connectivity index (χ2n) is 5.51. The molecule has 1 fully saturated rings. The number of nitrogens with zero attached hydrogens (tertiary/aromatic N) is 2. The molecule has 1 heterocycles. The number of hydrogen-bond acceptors (Lipinski definition) is 2. The molecule has 19 heavy (non-hydrogen) atoms. The Labute approximate surface area is 114 Å². The lowest BCUT2D eigenvalue weighted by molar-refractivity contribution is 0.310. The number of benzene rings is 1. The molecule has 3 nitrogen and oxygen atoms in total. The molecule has 1 aromatic carbocycles. The number of rotatable bonds is 3. The van der Waals surface area contributed by atoms with Gasteiger partial charge in [-0.15, -0.1) is 0 Å². The van der Waals surface area contributed by atoms with Crippen molar-refractivity contribution in [1.29, 1.82) is 0 Å². The Kier molecular flexibility index (Phi) is 3.53. The summed E-state index contributed by atoms with van der Waals surface area (Å²) in [5, 5.41) is 4.67. The van der Waals surface area contributed by atoms with Gasteiger partial charge in [-0.1, -0.05) is 49.6 Å². The first kappa shape index (κ1) is 12.3. The molecule has 0 unspecified atom stereocenters. The van der Waals surface area contributed by atoms with Crippen molar-refractivity contribution in [2.24, 2.45) is 5.92 Å². The molecule has 0 bridgehead atoms. The second-order valence-corrected chi connectivity index (χ2v) is 5.51. The highest BCUT2D eigenvalue weighted by atomic mass is 15.3. The van der Waals surface area contributed by atoms with Gasteiger partial charge in [0.05, 0.1) is 5.69 Å². The van der Waals surface area contributed by atoms with Crippen LogP contribution in [0.5, 0.6) is 0 Å². The molecule has 1 saturated carbocycles. The molecule has 1 aromatic heterocycles. The topological polar surface area (TPSA) is 43.8 Å². The van der Waals surface area contributed by atoms with Crippen LogP contribution in [0.25, 0.3) is 11.3 Å². The maximum absolute atomic E-state index is 6.10. The summed E-state index contributed by atoms with van der Waals surface area (Å²) < 4.78 is 1.98. The van der Waals surface area contributed by atoms with E-state index in [1.54, 1.807) is 0 Å². The molecule has 0 saturated heterocycles. The normalized spacial score (nSPS) is 16.6. The van der Waals surface area contributed by atoms with Gasteiger partial charge >= 0.3 is 0 Å². The lowest BCUT2D eigenvalue weighted by Gasteiger charge is -2.21. The van der Waals surface area contributed by atoms with Crippen LogP contribution in [0.15, 0.2) is 36.4 Å². The Morgan fingerprint density at radius 2 is 1.84 bits per heavy atom. The molecular formula is C16H21N3. The third-order valence-electron chi connectivity index (χ3n) is 4.04. The van der Waals surface area contributed by atoms with Crippen LogP contribution in [0.4, 0.5) is 5.82 Å². The van der Waals surface area contributed by atoms with E-state index in [1.165, 1.54) is 32.1 Å². The summed E-state index contributed by atoms with van der Waals surface area (Å²) in [6.07, 6.45) is 6.75. The van der Waals surface area contributed by atoms with E-state index in [1.807, 2.05) is 28.9 Å². The van der Waals surface area contributed by atoms with E-state index in [4.69, 9.17) is 5.73 Å². The molecule has 1 aliphatic rings. The van der Waals surface area contributed by atoms with E-state index < -0.39 is 0 Å². The number of anilines is 1. The van der Waals surface area contributed by atoms with Crippen LogP contribution in [0, 0.1) is 5.92 Å². The van der Waals surface area contributed by atoms with Crippen LogP contribution in [0.2, 0.25) is 0 Å². The molecule has 3 rings (SSSR count). The van der Waals surface area contributed by atoms with Gasteiger partial charge < -0.3 is 5.73 Å². The van der Waals surface area contributed by atoms with Gasteiger partial charge in [0.1, 0.15) is 5.82 Å². The van der Waals surface area contributed by atoms with Crippen molar-refractivity contribution in [3.63, 3.8) is 0 Å². The van der Waals surface area contributed by atoms with Gasteiger partial charge in [0.2, 0.25) is 0 Å². The Morgan fingerprint density at radius 3 is 2.58 bits per heavy atom. The summed E-state index contributed by atoms with van der Waals surface area (Å²) in [6.45, 7) is 0.971. The highest BCUT2D eigenvalue weighted by Gasteiger charge is 2.16. The van der Waals surface area contributed by atoms with Crippen molar-refractivity contribution < 1.29 is 0 Å². The average molecular weight is 255 g/mol. The quantitative estimate of drug-likeness (QED) is 0.908. The zero-order chi connectivity index (χ0) is 13.1. The van der Waals surface area contributed by atoms with Crippen molar-refractivity contribution in [2.45, 2.75) is 38.6 Å². The third kappa shape index (κ3) is 2.80. The van der Waals surface area contributed by atoms with E-state index in [-0.39, 0.29) is 0 Å². The Morgan fingerprint density at radius 1 is 1.11 bits per heavy atom. The minimum Gasteiger partial charge on any atom is -0.384 e. The molecule has 2 aromatic rings. The molecular weight excluding hydrogens is 234 g/mol. The van der Waals surface area contributed by atoms with Gasteiger partial charge in [-0.3, -0.25) is 0 Å². The molecule has 2 N–H and O–H groups in total. The summed E-state index contributed by atoms with van der Waals surface area (Å²) in [5.74, 6) is 1.53. The van der Waals surface area contributed by atoms with Gasteiger partial charge in [0.15, 0.2) is 0 Å². The fourth-order valence-electron chi connectivity index (χ4n) is 2.94. The fourth-order valence-corrected chi connectivity index (χ4v) is 2.94. The predicted octanol–water partition coefficient (Wildman–Crippen LogP) is 3.71. The lowest BCUT2D eigenvalue weighted by Crippen LogP contribution is -2.16. The molecule has 0 aliphatic heterocycles. The largest absolute Gasteiger partial charge is 0.384 e. The zero-order valence-electron chi connectivity index (χ0n) is 11.3. The Bertz CT molecular complexity index is 524. The van der Waals surface area contributed by atoms with Gasteiger partial charge in [0, 0.05) is 18.2 Å². The Hall–Kier alpha value is -1.77. The lowest BCUT2D eigenvalue weighted by atomic mass is 9.89. The van der Waals surface area contributed by atoms with Crippen molar-refractivity contribution in [2.75, 3.05) is 5.73 Å². The minimum absolute atomic E-state index is 0.750. The summed E-state index contributed by atoms with van der Waals surface area (Å²) in [4.78, 5) is 0. The van der Waals surface area contributed by atoms with Crippen molar-refractivity contribution in [3.05, 3.63) is 36.4 Å². The van der Waals surface area contributed by atoms with E-state index in [0.717, 1.165) is 29.5 Å². The Balaban J connectivity index is 1.77. The van der Waals surface area contributed by atoms with Crippen molar-refractivity contribution in [3.8, 4) is 11.3 Å². The van der Waals surface area contributed by atoms with Crippen LogP contribution in [0.3, 0.4) is 0 Å². The molecule has 1 aliphatic carbocycles. The standard InChI is InChI=1S/C16H21N3/c17-16-11-15(14-9-5-2-6-10-14)18-19(16)12-13-7-3-1-4-8-13/h2,5-6,9-11,13H,1,3-4,7-8,12,17H2. The monoisotopic (exact) mass is 255 g/mol. The number of aromatic nitrogens is 2. The SMILES string of the molecule is Nc1cc(-c2ccccc2)nn1CC1CCCCC1. The van der Waals surface area contributed by atoms with E-state index in [2.05, 4.69) is 17.2 Å². The number of nitrogen functional groups attached to an aromatic ring is 1. The van der Waals surface area contributed by atoms with Crippen LogP contribution >= 0.6 is 0 Å². The summed E-state index contributed by atoms with van der Waals surface area (Å²) in [5.41, 5.74) is 8.21. The van der Waals surface area contributed by atoms with Gasteiger partial charge in [0.25, 0.3) is 0 Å². The third-order valence-corrected chi connectivity index (χ3v) is 4.04. The number of nitrogens with two attached hydrogens (primary N) is 1. The van der Waals surface area contributed by atoms with E-state index in [9.17, 15) is 0 Å². The first-order chi connectivity index (χ1) is 9.33. The van der Waals surface area contributed by atoms with Crippen molar-refractivity contribution in [1.82, 2.24) is 9.78 Å². The maximum Gasteiger partial charge on any atom is 0.122 e. The average Bonchev–Trinajstić information content (AvgIpc) is 2.82. The molecule has 3 heteroatoms. The first-order valence-electron chi connectivity index (χ1n) is 7.21. The maximum atomic E-state index is 6.10. The molecule has 0 atom stereocenters. The van der Waals surface area contributed by atoms with Crippen molar-refractivity contribution >= 4 is 5.82 Å². The highest BCUT2D eigenvalue weighted by molar-refractivity contribution is 5.62. The molecule has 0 spiro atoms. The van der Waals surface area contributed by atoms with Gasteiger partial charge in [-0.05, 0) is 18.8 Å². The number of hydrogen-bond donors (Lipinski definition) is 1. The predicted molar refractivity (Wildman–Crippen MR) is 78.7 cm³/mol. The zero-order valence-corrected chi connectivity index (χ0v) is 11.3. The van der Waals surface area contributed by atoms with Crippen LogP contribution in [0.1, 0.15) is 32.1 Å². The fraction of sp³-hybridized carbons (Fsp3) is 0.438. The van der Waals surface area contributed by atoms with Gasteiger partial charge in [-0.25, -0.2) is 4.68 Å². The summed E-state index contributed by atoms with van der Waals surface area (Å²) in [7, 11) is 0. The van der Waals surface area contributed by atoms with E-state index in [0.29, 0.717) is 0 Å². The van der Waals surface area contributed by atoms with Crippen LogP contribution in [-0.4, -0.2) is 9.78 Å². The van der Waals surface area contributed by atoms with E-state index >= 15 is 0 Å². The molecule has 0 amide bonds. The summed E-state index contributed by atoms with van der Waals surface area (Å²) >= 11 is 0. The first-order valence-corrected chi connectivity index (χ1v) is 7.21. The molecule has 0 radical (unpaired) electrons. The highest BCUT2D eigenvalue weighted by Crippen LogP contribution is 2.27.